The van der Waals surface area contributed by atoms with Crippen LogP contribution in [0.25, 0.3) is 44.3 Å². The van der Waals surface area contributed by atoms with Crippen molar-refractivity contribution in [3.63, 3.8) is 0 Å². The van der Waals surface area contributed by atoms with Crippen LogP contribution in [0.15, 0.2) is 78.9 Å². The molecule has 0 aliphatic heterocycles. The minimum atomic E-state index is 0.828. The fraction of sp³-hybridized carbons (Fsp3) is 0.0800. The normalized spacial score (nSPS) is 11.2. The zero-order chi connectivity index (χ0) is 20.7. The summed E-state index contributed by atoms with van der Waals surface area (Å²) in [6, 6.07) is 26.6. The largest absolute Gasteiger partial charge is 0.497 e. The van der Waals surface area contributed by atoms with Gasteiger partial charge in [0, 0.05) is 16.3 Å². The molecule has 0 fully saturated rings. The molecule has 2 heterocycles. The second kappa shape index (κ2) is 7.43. The third-order valence-corrected chi connectivity index (χ3v) is 5.80. The van der Waals surface area contributed by atoms with Crippen molar-refractivity contribution in [2.45, 2.75) is 0 Å². The topological polar surface area (TPSA) is 36.3 Å². The third-order valence-electron chi connectivity index (χ3n) is 5.40. The van der Waals surface area contributed by atoms with Gasteiger partial charge in [0.25, 0.3) is 0 Å². The average Bonchev–Trinajstić information content (AvgIpc) is 3.10. The van der Waals surface area contributed by atoms with Crippen molar-refractivity contribution in [2.75, 3.05) is 14.2 Å². The maximum absolute atomic E-state index is 5.27. The van der Waals surface area contributed by atoms with Gasteiger partial charge in [-0.15, -0.1) is 0 Å². The van der Waals surface area contributed by atoms with Gasteiger partial charge in [0.2, 0.25) is 0 Å². The first-order valence-corrected chi connectivity index (χ1v) is 10.0. The Morgan fingerprint density at radius 1 is 0.667 bits per heavy atom. The number of benzene rings is 3. The Morgan fingerprint density at radius 3 is 1.90 bits per heavy atom. The van der Waals surface area contributed by atoms with Gasteiger partial charge in [-0.05, 0) is 71.8 Å². The molecule has 0 radical (unpaired) electrons. The monoisotopic (exact) mass is 412 g/mol. The molecule has 2 aromatic heterocycles. The molecular formula is C25H20N2O2S. The number of hydrogen-bond donors (Lipinski definition) is 1. The minimum Gasteiger partial charge on any atom is -0.497 e. The molecule has 0 saturated carbocycles. The van der Waals surface area contributed by atoms with Gasteiger partial charge >= 0.3 is 0 Å². The molecule has 148 valence electrons. The van der Waals surface area contributed by atoms with E-state index in [1.165, 1.54) is 0 Å². The fourth-order valence-corrected chi connectivity index (χ4v) is 4.08. The summed E-state index contributed by atoms with van der Waals surface area (Å²) in [5.74, 6) is 1.68. The first-order chi connectivity index (χ1) is 14.7. The van der Waals surface area contributed by atoms with Crippen LogP contribution in [0.2, 0.25) is 0 Å². The van der Waals surface area contributed by atoms with E-state index >= 15 is 0 Å². The molecule has 5 rings (SSSR count). The number of fused-ring (bicyclic) bond motifs is 3. The Morgan fingerprint density at radius 2 is 1.27 bits per heavy atom. The van der Waals surface area contributed by atoms with Crippen LogP contribution in [0.3, 0.4) is 0 Å². The van der Waals surface area contributed by atoms with Gasteiger partial charge in [-0.3, -0.25) is 3.97 Å². The number of nitrogens with zero attached hydrogens (tertiary/aromatic N) is 2. The van der Waals surface area contributed by atoms with Crippen molar-refractivity contribution in [2.24, 2.45) is 0 Å². The van der Waals surface area contributed by atoms with Crippen molar-refractivity contribution < 1.29 is 9.47 Å². The molecule has 3 aromatic carbocycles. The maximum atomic E-state index is 5.27. The highest BCUT2D eigenvalue weighted by Crippen LogP contribution is 2.34. The van der Waals surface area contributed by atoms with Gasteiger partial charge in [0.05, 0.1) is 25.4 Å². The van der Waals surface area contributed by atoms with Crippen LogP contribution >= 0.6 is 12.8 Å². The molecule has 4 nitrogen and oxygen atoms in total. The number of rotatable bonds is 4. The molecule has 0 bridgehead atoms. The molecule has 5 aromatic rings. The summed E-state index contributed by atoms with van der Waals surface area (Å²) < 4.78 is 12.4. The first-order valence-electron chi connectivity index (χ1n) is 9.61. The van der Waals surface area contributed by atoms with Crippen LogP contribution in [0.4, 0.5) is 0 Å². The standard InChI is InChI=1S/C25H20N2O2S/c1-28-19-8-3-16(4-9-19)18-7-14-24-22(15-18)21-12-13-23(26-25(21)27(24)30)17-5-10-20(29-2)11-6-17/h3-15,30H,1-2H3. The van der Waals surface area contributed by atoms with Gasteiger partial charge in [0.1, 0.15) is 11.5 Å². The summed E-state index contributed by atoms with van der Waals surface area (Å²) in [5, 5.41) is 2.20. The molecular weight excluding hydrogens is 392 g/mol. The number of ether oxygens (including phenoxy) is 2. The van der Waals surface area contributed by atoms with Crippen LogP contribution in [-0.4, -0.2) is 23.2 Å². The van der Waals surface area contributed by atoms with Crippen molar-refractivity contribution in [3.05, 3.63) is 78.9 Å². The second-order valence-corrected chi connectivity index (χ2v) is 7.47. The zero-order valence-corrected chi connectivity index (χ0v) is 17.6. The smallest absolute Gasteiger partial charge is 0.151 e. The number of aromatic nitrogens is 2. The van der Waals surface area contributed by atoms with Gasteiger partial charge in [-0.2, -0.15) is 0 Å². The molecule has 0 saturated heterocycles. The summed E-state index contributed by atoms with van der Waals surface area (Å²) >= 11 is 4.72. The molecule has 0 unspecified atom stereocenters. The lowest BCUT2D eigenvalue weighted by molar-refractivity contribution is 0.415. The highest BCUT2D eigenvalue weighted by Gasteiger charge is 2.13. The van der Waals surface area contributed by atoms with Gasteiger partial charge in [0.15, 0.2) is 5.65 Å². The van der Waals surface area contributed by atoms with E-state index < -0.39 is 0 Å². The summed E-state index contributed by atoms with van der Waals surface area (Å²) in [7, 11) is 3.34. The van der Waals surface area contributed by atoms with Crippen molar-refractivity contribution in [1.29, 1.82) is 0 Å². The van der Waals surface area contributed by atoms with Crippen LogP contribution in [-0.2, 0) is 0 Å². The van der Waals surface area contributed by atoms with E-state index in [9.17, 15) is 0 Å². The lowest BCUT2D eigenvalue weighted by Gasteiger charge is -2.04. The summed E-state index contributed by atoms with van der Waals surface area (Å²) in [6.45, 7) is 0. The van der Waals surface area contributed by atoms with Gasteiger partial charge < -0.3 is 9.47 Å². The second-order valence-electron chi connectivity index (χ2n) is 7.07. The fourth-order valence-electron chi connectivity index (χ4n) is 3.76. The summed E-state index contributed by atoms with van der Waals surface area (Å²) in [4.78, 5) is 4.89. The highest BCUT2D eigenvalue weighted by molar-refractivity contribution is 7.79. The molecule has 0 spiro atoms. The quantitative estimate of drug-likeness (QED) is 0.355. The van der Waals surface area contributed by atoms with Gasteiger partial charge in [-0.25, -0.2) is 4.98 Å². The Balaban J connectivity index is 1.62. The minimum absolute atomic E-state index is 0.828. The van der Waals surface area contributed by atoms with E-state index in [1.807, 2.05) is 40.4 Å². The number of pyridine rings is 1. The van der Waals surface area contributed by atoms with Crippen LogP contribution in [0.5, 0.6) is 11.5 Å². The number of hydrogen-bond acceptors (Lipinski definition) is 4. The number of methoxy groups -OCH3 is 2. The first kappa shape index (κ1) is 18.6. The predicted molar refractivity (Wildman–Crippen MR) is 126 cm³/mol. The molecule has 0 N–H and O–H groups in total. The molecule has 0 aliphatic rings. The lowest BCUT2D eigenvalue weighted by Crippen LogP contribution is -1.88. The van der Waals surface area contributed by atoms with Crippen LogP contribution < -0.4 is 9.47 Å². The molecule has 30 heavy (non-hydrogen) atoms. The van der Waals surface area contributed by atoms with Crippen molar-refractivity contribution in [3.8, 4) is 33.9 Å². The summed E-state index contributed by atoms with van der Waals surface area (Å²) in [6.07, 6.45) is 0. The SMILES string of the molecule is COc1ccc(-c2ccc3c(c2)c2ccc(-c4ccc(OC)cc4)nc2n3S)cc1. The van der Waals surface area contributed by atoms with E-state index in [1.54, 1.807) is 14.2 Å². The zero-order valence-electron chi connectivity index (χ0n) is 16.7. The lowest BCUT2D eigenvalue weighted by atomic mass is 10.0. The van der Waals surface area contributed by atoms with E-state index in [2.05, 4.69) is 42.5 Å². The maximum Gasteiger partial charge on any atom is 0.151 e. The third kappa shape index (κ3) is 3.08. The Labute approximate surface area is 180 Å². The van der Waals surface area contributed by atoms with Crippen molar-refractivity contribution >= 4 is 34.8 Å². The van der Waals surface area contributed by atoms with E-state index in [0.717, 1.165) is 55.8 Å². The van der Waals surface area contributed by atoms with Gasteiger partial charge in [-0.1, -0.05) is 31.0 Å². The highest BCUT2D eigenvalue weighted by atomic mass is 32.1. The Kier molecular flexibility index (Phi) is 4.60. The predicted octanol–water partition coefficient (Wildman–Crippen LogP) is 6.23. The molecule has 0 atom stereocenters. The van der Waals surface area contributed by atoms with E-state index in [0.29, 0.717) is 0 Å². The molecule has 0 aliphatic carbocycles. The Hall–Kier alpha value is -3.44. The number of thiol groups is 1. The van der Waals surface area contributed by atoms with Crippen LogP contribution in [0, 0.1) is 0 Å². The summed E-state index contributed by atoms with van der Waals surface area (Å²) in [5.41, 5.74) is 6.10. The Bertz CT molecular complexity index is 1360. The molecule has 5 heteroatoms. The molecule has 0 amide bonds. The van der Waals surface area contributed by atoms with E-state index in [-0.39, 0.29) is 0 Å². The van der Waals surface area contributed by atoms with Crippen LogP contribution in [0.1, 0.15) is 0 Å². The van der Waals surface area contributed by atoms with E-state index in [4.69, 9.17) is 27.3 Å². The average molecular weight is 413 g/mol. The van der Waals surface area contributed by atoms with Crippen molar-refractivity contribution in [1.82, 2.24) is 8.96 Å².